The van der Waals surface area contributed by atoms with E-state index in [2.05, 4.69) is 20.2 Å². The normalized spacial score (nSPS) is 29.1. The fourth-order valence-corrected chi connectivity index (χ4v) is 4.07. The predicted octanol–water partition coefficient (Wildman–Crippen LogP) is 1.13. The van der Waals surface area contributed by atoms with Crippen LogP contribution in [0.25, 0.3) is 0 Å². The minimum Gasteiger partial charge on any atom is -0.368 e. The van der Waals surface area contributed by atoms with E-state index in [9.17, 15) is 0 Å². The van der Waals surface area contributed by atoms with E-state index in [0.717, 1.165) is 37.7 Å². The number of piperidine rings is 1. The van der Waals surface area contributed by atoms with Gasteiger partial charge in [0.25, 0.3) is 0 Å². The molecule has 0 spiro atoms. The molecule has 2 saturated heterocycles. The van der Waals surface area contributed by atoms with E-state index < -0.39 is 0 Å². The largest absolute Gasteiger partial charge is 0.368 e. The maximum Gasteiger partial charge on any atom is 0.222 e. The Kier molecular flexibility index (Phi) is 3.02. The van der Waals surface area contributed by atoms with Crippen molar-refractivity contribution in [2.24, 2.45) is 5.92 Å². The van der Waals surface area contributed by atoms with Crippen molar-refractivity contribution in [3.05, 3.63) is 11.3 Å². The molecule has 0 amide bonds. The summed E-state index contributed by atoms with van der Waals surface area (Å²) in [6, 6.07) is 0.638. The lowest BCUT2D eigenvalue weighted by Crippen LogP contribution is -2.40. The molecule has 20 heavy (non-hydrogen) atoms. The van der Waals surface area contributed by atoms with Crippen molar-refractivity contribution in [2.75, 3.05) is 30.3 Å². The number of hydrogen-bond acceptors (Lipinski definition) is 5. The minimum atomic E-state index is 0.448. The first kappa shape index (κ1) is 12.4. The molecule has 1 aromatic heterocycles. The smallest absolute Gasteiger partial charge is 0.222 e. The van der Waals surface area contributed by atoms with Crippen LogP contribution in [0.3, 0.4) is 0 Å². The number of nitrogens with one attached hydrogen (secondary N) is 1. The van der Waals surface area contributed by atoms with E-state index in [1.807, 2.05) is 0 Å². The van der Waals surface area contributed by atoms with Crippen molar-refractivity contribution in [1.82, 2.24) is 15.3 Å². The second-order valence-corrected chi connectivity index (χ2v) is 6.41. The molecule has 1 aliphatic carbocycles. The lowest BCUT2D eigenvalue weighted by Gasteiger charge is -2.25. The summed E-state index contributed by atoms with van der Waals surface area (Å²) in [7, 11) is 0. The molecular weight excluding hydrogens is 250 g/mol. The molecule has 0 saturated carbocycles. The second kappa shape index (κ2) is 4.88. The van der Waals surface area contributed by atoms with Crippen LogP contribution >= 0.6 is 0 Å². The van der Waals surface area contributed by atoms with Crippen LogP contribution < -0.4 is 16.0 Å². The highest BCUT2D eigenvalue weighted by Crippen LogP contribution is 2.33. The van der Waals surface area contributed by atoms with E-state index in [1.165, 1.54) is 43.5 Å². The number of anilines is 2. The maximum atomic E-state index is 5.93. The van der Waals surface area contributed by atoms with E-state index >= 15 is 0 Å². The lowest BCUT2D eigenvalue weighted by molar-refractivity contribution is 0.340. The van der Waals surface area contributed by atoms with Crippen LogP contribution in [0.4, 0.5) is 11.8 Å². The third kappa shape index (κ3) is 2.04. The molecule has 4 rings (SSSR count). The van der Waals surface area contributed by atoms with Gasteiger partial charge >= 0.3 is 0 Å². The Hall–Kier alpha value is -1.36. The lowest BCUT2D eigenvalue weighted by atomic mass is 9.94. The summed E-state index contributed by atoms with van der Waals surface area (Å²) in [5, 5.41) is 3.66. The quantitative estimate of drug-likeness (QED) is 0.803. The van der Waals surface area contributed by atoms with Gasteiger partial charge in [0.2, 0.25) is 5.95 Å². The van der Waals surface area contributed by atoms with Gasteiger partial charge in [0, 0.05) is 24.7 Å². The molecular formula is C15H23N5. The van der Waals surface area contributed by atoms with Gasteiger partial charge in [-0.25, -0.2) is 4.98 Å². The molecule has 0 unspecified atom stereocenters. The van der Waals surface area contributed by atoms with Gasteiger partial charge in [-0.05, 0) is 51.0 Å². The highest BCUT2D eigenvalue weighted by atomic mass is 15.3. The highest BCUT2D eigenvalue weighted by molar-refractivity contribution is 5.54. The van der Waals surface area contributed by atoms with E-state index in [4.69, 9.17) is 5.73 Å². The predicted molar refractivity (Wildman–Crippen MR) is 79.8 cm³/mol. The number of hydrogen-bond donors (Lipinski definition) is 2. The number of nitrogens with two attached hydrogens (primary N) is 1. The number of aromatic nitrogens is 2. The first-order valence-electron chi connectivity index (χ1n) is 7.95. The summed E-state index contributed by atoms with van der Waals surface area (Å²) in [5.41, 5.74) is 8.49. The van der Waals surface area contributed by atoms with Crippen LogP contribution in [0.1, 0.15) is 36.9 Å². The Bertz CT molecular complexity index is 501. The maximum absolute atomic E-state index is 5.93. The third-order valence-corrected chi connectivity index (χ3v) is 5.08. The summed E-state index contributed by atoms with van der Waals surface area (Å²) in [4.78, 5) is 11.5. The molecule has 3 heterocycles. The number of fused-ring (bicyclic) bond motifs is 2. The summed E-state index contributed by atoms with van der Waals surface area (Å²) in [6.45, 7) is 3.37. The van der Waals surface area contributed by atoms with Crippen LogP contribution in [-0.2, 0) is 12.8 Å². The summed E-state index contributed by atoms with van der Waals surface area (Å²) in [5.74, 6) is 2.35. The van der Waals surface area contributed by atoms with Crippen molar-refractivity contribution in [1.29, 1.82) is 0 Å². The molecule has 5 nitrogen and oxygen atoms in total. The van der Waals surface area contributed by atoms with Crippen molar-refractivity contribution >= 4 is 11.8 Å². The Morgan fingerprint density at radius 2 is 2.00 bits per heavy atom. The summed E-state index contributed by atoms with van der Waals surface area (Å²) in [6.07, 6.45) is 7.32. The topological polar surface area (TPSA) is 67.1 Å². The molecule has 2 atom stereocenters. The van der Waals surface area contributed by atoms with Gasteiger partial charge in [0.1, 0.15) is 5.82 Å². The fraction of sp³-hybridized carbons (Fsp3) is 0.733. The Balaban J connectivity index is 1.66. The SMILES string of the molecule is Nc1nc2c(c(N3C[C@@H]4CCCN[C@@H]4C3)n1)CCCC2. The van der Waals surface area contributed by atoms with Crippen LogP contribution in [0.2, 0.25) is 0 Å². The Morgan fingerprint density at radius 1 is 1.10 bits per heavy atom. The van der Waals surface area contributed by atoms with Crippen LogP contribution in [-0.4, -0.2) is 35.6 Å². The van der Waals surface area contributed by atoms with Crippen molar-refractivity contribution in [3.8, 4) is 0 Å². The molecule has 1 aromatic rings. The van der Waals surface area contributed by atoms with Crippen LogP contribution in [0.5, 0.6) is 0 Å². The molecule has 2 fully saturated rings. The average molecular weight is 273 g/mol. The molecule has 3 aliphatic rings. The molecule has 2 aliphatic heterocycles. The number of rotatable bonds is 1. The van der Waals surface area contributed by atoms with Crippen LogP contribution in [0.15, 0.2) is 0 Å². The number of aryl methyl sites for hydroxylation is 1. The first-order valence-corrected chi connectivity index (χ1v) is 7.95. The Labute approximate surface area is 120 Å². The van der Waals surface area contributed by atoms with Gasteiger partial charge in [0.15, 0.2) is 0 Å². The fourth-order valence-electron chi connectivity index (χ4n) is 4.07. The molecule has 0 aromatic carbocycles. The molecule has 0 radical (unpaired) electrons. The second-order valence-electron chi connectivity index (χ2n) is 6.41. The zero-order chi connectivity index (χ0) is 13.5. The number of nitrogen functional groups attached to an aromatic ring is 1. The summed E-state index contributed by atoms with van der Waals surface area (Å²) >= 11 is 0. The zero-order valence-corrected chi connectivity index (χ0v) is 11.9. The van der Waals surface area contributed by atoms with E-state index in [-0.39, 0.29) is 0 Å². The van der Waals surface area contributed by atoms with Crippen molar-refractivity contribution in [3.63, 3.8) is 0 Å². The van der Waals surface area contributed by atoms with Gasteiger partial charge in [-0.1, -0.05) is 0 Å². The highest BCUT2D eigenvalue weighted by Gasteiger charge is 2.36. The van der Waals surface area contributed by atoms with Gasteiger partial charge in [-0.2, -0.15) is 4.98 Å². The standard InChI is InChI=1S/C15H23N5/c16-15-18-12-6-2-1-5-11(12)14(19-15)20-8-10-4-3-7-17-13(10)9-20/h10,13,17H,1-9H2,(H2,16,18,19)/t10-,13+/m0/s1. The minimum absolute atomic E-state index is 0.448. The van der Waals surface area contributed by atoms with Gasteiger partial charge < -0.3 is 16.0 Å². The van der Waals surface area contributed by atoms with Crippen molar-refractivity contribution in [2.45, 2.75) is 44.6 Å². The monoisotopic (exact) mass is 273 g/mol. The van der Waals surface area contributed by atoms with Crippen molar-refractivity contribution < 1.29 is 0 Å². The van der Waals surface area contributed by atoms with E-state index in [1.54, 1.807) is 0 Å². The van der Waals surface area contributed by atoms with Gasteiger partial charge in [-0.15, -0.1) is 0 Å². The van der Waals surface area contributed by atoms with E-state index in [0.29, 0.717) is 12.0 Å². The first-order chi connectivity index (χ1) is 9.81. The third-order valence-electron chi connectivity index (χ3n) is 5.08. The zero-order valence-electron chi connectivity index (χ0n) is 11.9. The number of nitrogens with zero attached hydrogens (tertiary/aromatic N) is 3. The molecule has 108 valence electrons. The van der Waals surface area contributed by atoms with Gasteiger partial charge in [-0.3, -0.25) is 0 Å². The average Bonchev–Trinajstić information content (AvgIpc) is 2.90. The van der Waals surface area contributed by atoms with Gasteiger partial charge in [0.05, 0.1) is 5.69 Å². The Morgan fingerprint density at radius 3 is 2.90 bits per heavy atom. The van der Waals surface area contributed by atoms with Crippen LogP contribution in [0, 0.1) is 5.92 Å². The molecule has 0 bridgehead atoms. The molecule has 3 N–H and O–H groups in total. The summed E-state index contributed by atoms with van der Waals surface area (Å²) < 4.78 is 0. The molecule has 5 heteroatoms.